The van der Waals surface area contributed by atoms with Crippen LogP contribution in [0.25, 0.3) is 0 Å². The summed E-state index contributed by atoms with van der Waals surface area (Å²) < 4.78 is 18.6. The lowest BCUT2D eigenvalue weighted by atomic mass is 10.0. The van der Waals surface area contributed by atoms with Gasteiger partial charge in [-0.05, 0) is 75.3 Å². The number of alkyl halides is 1. The first kappa shape index (κ1) is 29.4. The highest BCUT2D eigenvalue weighted by Crippen LogP contribution is 2.20. The predicted octanol–water partition coefficient (Wildman–Crippen LogP) is 3.21. The number of pyridine rings is 2. The maximum absolute atomic E-state index is 13.4. The van der Waals surface area contributed by atoms with E-state index >= 15 is 0 Å². The molecular formula is C28H40FN5O4. The maximum Gasteiger partial charge on any atom is 0.326 e. The number of carbonyl (C=O) groups excluding carboxylic acids is 1. The van der Waals surface area contributed by atoms with Crippen LogP contribution in [0.2, 0.25) is 0 Å². The Balaban J connectivity index is 1.52. The third-order valence-electron chi connectivity index (χ3n) is 7.00. The fourth-order valence-corrected chi connectivity index (χ4v) is 4.57. The van der Waals surface area contributed by atoms with Gasteiger partial charge in [0.05, 0.1) is 12.0 Å². The van der Waals surface area contributed by atoms with E-state index in [1.54, 1.807) is 31.5 Å². The van der Waals surface area contributed by atoms with Gasteiger partial charge >= 0.3 is 5.97 Å². The summed E-state index contributed by atoms with van der Waals surface area (Å²) in [6.07, 6.45) is 7.58. The number of hydrogen-bond donors (Lipinski definition) is 3. The molecule has 0 aromatic carbocycles. The minimum Gasteiger partial charge on any atom is -0.480 e. The molecule has 3 N–H and O–H groups in total. The molecule has 3 atom stereocenters. The highest BCUT2D eigenvalue weighted by atomic mass is 19.1. The molecule has 3 heterocycles. The first-order valence-electron chi connectivity index (χ1n) is 13.4. The standard InChI is InChI=1S/C28H40FN5O4/c1-20(22-8-5-13-30-18-22)27(35)33-25(28(36)37)12-16-34(19-24(17-29)38-2)15-4-3-9-23-11-10-21-7-6-14-31-26(21)32-23/h5,8,10-11,13,18,20,24-25H,3-4,6-7,9,12,14-17,19H2,1-2H3,(H,31,32)(H,33,35)(H,36,37)/t20?,24-,25+/m1/s1. The quantitative estimate of drug-likeness (QED) is 0.284. The number of carboxylic acid groups (broad SMARTS) is 1. The third kappa shape index (κ3) is 9.02. The van der Waals surface area contributed by atoms with Gasteiger partial charge in [-0.25, -0.2) is 14.2 Å². The molecule has 0 aliphatic carbocycles. The second-order valence-electron chi connectivity index (χ2n) is 9.81. The summed E-state index contributed by atoms with van der Waals surface area (Å²) in [6, 6.07) is 6.70. The van der Waals surface area contributed by atoms with E-state index in [-0.39, 0.29) is 12.3 Å². The molecule has 1 aliphatic heterocycles. The monoisotopic (exact) mass is 529 g/mol. The van der Waals surface area contributed by atoms with Crippen LogP contribution in [0, 0.1) is 0 Å². The second kappa shape index (κ2) is 15.3. The number of aryl methyl sites for hydroxylation is 2. The Hall–Kier alpha value is -3.11. The number of nitrogens with zero attached hydrogens (tertiary/aromatic N) is 3. The minimum atomic E-state index is -1.10. The van der Waals surface area contributed by atoms with Crippen LogP contribution in [0.5, 0.6) is 0 Å². The number of hydrogen-bond acceptors (Lipinski definition) is 7. The Morgan fingerprint density at radius 2 is 2.11 bits per heavy atom. The number of rotatable bonds is 16. The molecule has 1 aliphatic rings. The van der Waals surface area contributed by atoms with Gasteiger partial charge in [0.15, 0.2) is 0 Å². The zero-order chi connectivity index (χ0) is 27.3. The molecule has 1 unspecified atom stereocenters. The molecule has 2 aromatic rings. The van der Waals surface area contributed by atoms with Gasteiger partial charge in [-0.1, -0.05) is 12.1 Å². The smallest absolute Gasteiger partial charge is 0.326 e. The van der Waals surface area contributed by atoms with E-state index in [2.05, 4.69) is 27.8 Å². The van der Waals surface area contributed by atoms with Gasteiger partial charge in [0.1, 0.15) is 18.5 Å². The fraction of sp³-hybridized carbons (Fsp3) is 0.571. The van der Waals surface area contributed by atoms with Crippen LogP contribution in [0.15, 0.2) is 36.7 Å². The number of anilines is 1. The number of methoxy groups -OCH3 is 1. The van der Waals surface area contributed by atoms with Crippen molar-refractivity contribution in [3.05, 3.63) is 53.5 Å². The van der Waals surface area contributed by atoms with Gasteiger partial charge in [-0.2, -0.15) is 0 Å². The van der Waals surface area contributed by atoms with Crippen LogP contribution in [-0.4, -0.2) is 84.0 Å². The Morgan fingerprint density at radius 3 is 2.82 bits per heavy atom. The molecule has 0 fully saturated rings. The number of ether oxygens (including phenoxy) is 1. The van der Waals surface area contributed by atoms with Crippen molar-refractivity contribution in [3.63, 3.8) is 0 Å². The molecule has 208 valence electrons. The highest BCUT2D eigenvalue weighted by molar-refractivity contribution is 5.87. The van der Waals surface area contributed by atoms with Crippen molar-refractivity contribution in [2.75, 3.05) is 45.3 Å². The number of aromatic nitrogens is 2. The van der Waals surface area contributed by atoms with Crippen LogP contribution in [-0.2, 0) is 27.2 Å². The topological polar surface area (TPSA) is 117 Å². The van der Waals surface area contributed by atoms with Crippen molar-refractivity contribution in [3.8, 4) is 0 Å². The van der Waals surface area contributed by atoms with Crippen LogP contribution in [0.3, 0.4) is 0 Å². The maximum atomic E-state index is 13.4. The summed E-state index contributed by atoms with van der Waals surface area (Å²) in [6.45, 7) is 3.44. The van der Waals surface area contributed by atoms with Crippen molar-refractivity contribution in [1.29, 1.82) is 0 Å². The minimum absolute atomic E-state index is 0.196. The Labute approximate surface area is 224 Å². The van der Waals surface area contributed by atoms with Gasteiger partial charge in [0.25, 0.3) is 0 Å². The summed E-state index contributed by atoms with van der Waals surface area (Å²) in [5.41, 5.74) is 3.02. The molecule has 0 saturated heterocycles. The van der Waals surface area contributed by atoms with Gasteiger partial charge < -0.3 is 25.4 Å². The van der Waals surface area contributed by atoms with E-state index in [9.17, 15) is 19.1 Å². The lowest BCUT2D eigenvalue weighted by molar-refractivity contribution is -0.142. The number of nitrogens with one attached hydrogen (secondary N) is 2. The Bertz CT molecular complexity index is 1020. The molecule has 3 rings (SSSR count). The molecule has 10 heteroatoms. The number of aliphatic carboxylic acids is 1. The SMILES string of the molecule is CO[C@H](CF)CN(CCCCc1ccc2c(n1)NCCC2)CC[C@H](NC(=O)C(C)c1cccnc1)C(=O)O. The fourth-order valence-electron chi connectivity index (χ4n) is 4.57. The van der Waals surface area contributed by atoms with Crippen molar-refractivity contribution in [2.24, 2.45) is 0 Å². The van der Waals surface area contributed by atoms with Crippen molar-refractivity contribution in [2.45, 2.75) is 63.5 Å². The summed E-state index contributed by atoms with van der Waals surface area (Å²) in [7, 11) is 1.47. The molecule has 0 saturated carbocycles. The lowest BCUT2D eigenvalue weighted by Gasteiger charge is -2.27. The van der Waals surface area contributed by atoms with Gasteiger partial charge in [-0.15, -0.1) is 0 Å². The van der Waals surface area contributed by atoms with E-state index in [0.29, 0.717) is 25.2 Å². The van der Waals surface area contributed by atoms with E-state index in [0.717, 1.165) is 50.2 Å². The summed E-state index contributed by atoms with van der Waals surface area (Å²) in [4.78, 5) is 35.4. The number of carboxylic acids is 1. The molecule has 0 radical (unpaired) electrons. The van der Waals surface area contributed by atoms with Crippen molar-refractivity contribution >= 4 is 17.7 Å². The molecule has 2 aromatic heterocycles. The molecule has 0 bridgehead atoms. The number of carbonyl (C=O) groups is 2. The zero-order valence-corrected chi connectivity index (χ0v) is 22.4. The number of amides is 1. The van der Waals surface area contributed by atoms with Gasteiger partial charge in [0.2, 0.25) is 5.91 Å². The second-order valence-corrected chi connectivity index (χ2v) is 9.81. The van der Waals surface area contributed by atoms with E-state index in [1.165, 1.54) is 12.7 Å². The van der Waals surface area contributed by atoms with Crippen LogP contribution in [0.1, 0.15) is 55.3 Å². The van der Waals surface area contributed by atoms with E-state index in [4.69, 9.17) is 9.72 Å². The average molecular weight is 530 g/mol. The van der Waals surface area contributed by atoms with Crippen LogP contribution in [0.4, 0.5) is 10.2 Å². The molecule has 1 amide bonds. The molecule has 9 nitrogen and oxygen atoms in total. The highest BCUT2D eigenvalue weighted by Gasteiger charge is 2.25. The van der Waals surface area contributed by atoms with Crippen molar-refractivity contribution in [1.82, 2.24) is 20.2 Å². The Morgan fingerprint density at radius 1 is 1.26 bits per heavy atom. The third-order valence-corrected chi connectivity index (χ3v) is 7.00. The Kier molecular flexibility index (Phi) is 11.9. The van der Waals surface area contributed by atoms with Gasteiger partial charge in [-0.3, -0.25) is 9.78 Å². The van der Waals surface area contributed by atoms with E-state index in [1.807, 2.05) is 4.90 Å². The first-order chi connectivity index (χ1) is 18.4. The first-order valence-corrected chi connectivity index (χ1v) is 13.4. The predicted molar refractivity (Wildman–Crippen MR) is 144 cm³/mol. The van der Waals surface area contributed by atoms with E-state index < -0.39 is 30.7 Å². The van der Waals surface area contributed by atoms with Crippen LogP contribution >= 0.6 is 0 Å². The largest absolute Gasteiger partial charge is 0.480 e. The summed E-state index contributed by atoms with van der Waals surface area (Å²) in [5, 5.41) is 15.8. The van der Waals surface area contributed by atoms with Gasteiger partial charge in [0, 0.05) is 44.8 Å². The lowest BCUT2D eigenvalue weighted by Crippen LogP contribution is -2.45. The number of unbranched alkanes of at least 4 members (excludes halogenated alkanes) is 1. The number of fused-ring (bicyclic) bond motifs is 1. The average Bonchev–Trinajstić information content (AvgIpc) is 2.95. The van der Waals surface area contributed by atoms with Crippen LogP contribution < -0.4 is 10.6 Å². The summed E-state index contributed by atoms with van der Waals surface area (Å²) in [5.74, 6) is -1.01. The molecular weight excluding hydrogens is 489 g/mol. The molecule has 38 heavy (non-hydrogen) atoms. The van der Waals surface area contributed by atoms with Crippen molar-refractivity contribution < 1.29 is 23.8 Å². The normalized spacial score (nSPS) is 15.3. The number of halogens is 1. The molecule has 0 spiro atoms. The summed E-state index contributed by atoms with van der Waals surface area (Å²) >= 11 is 0. The zero-order valence-electron chi connectivity index (χ0n) is 22.4.